The Bertz CT molecular complexity index is 408. The first-order valence-corrected chi connectivity index (χ1v) is 6.94. The Hall–Kier alpha value is -0.860. The van der Waals surface area contributed by atoms with E-state index >= 15 is 0 Å². The van der Waals surface area contributed by atoms with Crippen LogP contribution < -0.4 is 5.32 Å². The molecule has 0 bridgehead atoms. The monoisotopic (exact) mass is 246 g/mol. The smallest absolute Gasteiger partial charge is 0.0233 e. The molecular weight excluding hydrogens is 220 g/mol. The highest BCUT2D eigenvalue weighted by atomic mass is 15.1. The lowest BCUT2D eigenvalue weighted by Crippen LogP contribution is -2.32. The van der Waals surface area contributed by atoms with Crippen LogP contribution in [0.1, 0.15) is 29.5 Å². The summed E-state index contributed by atoms with van der Waals surface area (Å²) in [5.41, 5.74) is 4.79. The normalized spacial score (nSPS) is 17.2. The van der Waals surface area contributed by atoms with Crippen LogP contribution in [0.4, 0.5) is 0 Å². The molecule has 0 spiro atoms. The van der Waals surface area contributed by atoms with E-state index in [2.05, 4.69) is 56.4 Å². The molecule has 1 aliphatic carbocycles. The number of benzene rings is 1. The van der Waals surface area contributed by atoms with Gasteiger partial charge < -0.3 is 10.2 Å². The van der Waals surface area contributed by atoms with E-state index in [1.54, 1.807) is 0 Å². The Morgan fingerprint density at radius 3 is 2.56 bits per heavy atom. The first-order chi connectivity index (χ1) is 8.54. The largest absolute Gasteiger partial charge is 0.319 e. The summed E-state index contributed by atoms with van der Waals surface area (Å²) < 4.78 is 0. The third kappa shape index (κ3) is 3.33. The van der Waals surface area contributed by atoms with Crippen molar-refractivity contribution in [1.29, 1.82) is 0 Å². The topological polar surface area (TPSA) is 15.3 Å². The van der Waals surface area contributed by atoms with Gasteiger partial charge in [0.2, 0.25) is 0 Å². The van der Waals surface area contributed by atoms with Gasteiger partial charge in [0, 0.05) is 19.6 Å². The summed E-state index contributed by atoms with van der Waals surface area (Å²) in [5.74, 6) is 0. The highest BCUT2D eigenvalue weighted by Gasteiger charge is 2.42. The summed E-state index contributed by atoms with van der Waals surface area (Å²) >= 11 is 0. The molecular formula is C16H26N2. The molecule has 0 heterocycles. The lowest BCUT2D eigenvalue weighted by atomic mass is 10.0. The van der Waals surface area contributed by atoms with Gasteiger partial charge in [-0.25, -0.2) is 0 Å². The summed E-state index contributed by atoms with van der Waals surface area (Å²) in [6, 6.07) is 6.78. The Kier molecular flexibility index (Phi) is 4.08. The van der Waals surface area contributed by atoms with Crippen molar-refractivity contribution in [2.75, 3.05) is 27.2 Å². The minimum Gasteiger partial charge on any atom is -0.319 e. The lowest BCUT2D eigenvalue weighted by Gasteiger charge is -2.24. The summed E-state index contributed by atoms with van der Waals surface area (Å²) in [7, 11) is 4.30. The van der Waals surface area contributed by atoms with Gasteiger partial charge >= 0.3 is 0 Å². The zero-order valence-electron chi connectivity index (χ0n) is 12.2. The number of aryl methyl sites for hydroxylation is 2. The summed E-state index contributed by atoms with van der Waals surface area (Å²) in [5, 5.41) is 3.33. The van der Waals surface area contributed by atoms with Crippen LogP contribution in [0, 0.1) is 19.3 Å². The van der Waals surface area contributed by atoms with Crippen molar-refractivity contribution in [3.8, 4) is 0 Å². The van der Waals surface area contributed by atoms with Gasteiger partial charge in [-0.05, 0) is 57.3 Å². The van der Waals surface area contributed by atoms with Crippen molar-refractivity contribution in [2.45, 2.75) is 33.2 Å². The first kappa shape index (κ1) is 13.6. The highest BCUT2D eigenvalue weighted by Crippen LogP contribution is 2.45. The third-order valence-corrected chi connectivity index (χ3v) is 4.05. The molecule has 0 aromatic heterocycles. The Labute approximate surface area is 111 Å². The van der Waals surface area contributed by atoms with Crippen LogP contribution in [0.3, 0.4) is 0 Å². The van der Waals surface area contributed by atoms with Crippen LogP contribution in [0.25, 0.3) is 0 Å². The van der Waals surface area contributed by atoms with Gasteiger partial charge in [0.15, 0.2) is 0 Å². The van der Waals surface area contributed by atoms with Gasteiger partial charge in [0.05, 0.1) is 0 Å². The van der Waals surface area contributed by atoms with Crippen LogP contribution in [0.15, 0.2) is 18.2 Å². The minimum atomic E-state index is 0.558. The molecule has 2 rings (SSSR count). The van der Waals surface area contributed by atoms with Gasteiger partial charge in [-0.15, -0.1) is 0 Å². The molecule has 1 N–H and O–H groups in total. The molecule has 1 fully saturated rings. The van der Waals surface area contributed by atoms with E-state index < -0.39 is 0 Å². The van der Waals surface area contributed by atoms with Crippen LogP contribution in [-0.2, 0) is 6.54 Å². The van der Waals surface area contributed by atoms with Gasteiger partial charge in [-0.1, -0.05) is 23.8 Å². The van der Waals surface area contributed by atoms with Crippen molar-refractivity contribution < 1.29 is 0 Å². The Morgan fingerprint density at radius 1 is 1.28 bits per heavy atom. The van der Waals surface area contributed by atoms with Gasteiger partial charge in [0.25, 0.3) is 0 Å². The summed E-state index contributed by atoms with van der Waals surface area (Å²) in [6.45, 7) is 7.81. The number of hydrogen-bond acceptors (Lipinski definition) is 2. The van der Waals surface area contributed by atoms with E-state index in [1.165, 1.54) is 36.1 Å². The fourth-order valence-corrected chi connectivity index (χ4v) is 2.89. The van der Waals surface area contributed by atoms with Gasteiger partial charge in [-0.2, -0.15) is 0 Å². The molecule has 0 atom stereocenters. The average molecular weight is 246 g/mol. The molecule has 1 aromatic carbocycles. The SMILES string of the molecule is CNCC1(CN(C)Cc2ccc(C)cc2C)CC1. The molecule has 18 heavy (non-hydrogen) atoms. The zero-order valence-corrected chi connectivity index (χ0v) is 12.2. The maximum Gasteiger partial charge on any atom is 0.0233 e. The first-order valence-electron chi connectivity index (χ1n) is 6.94. The maximum absolute atomic E-state index is 3.33. The zero-order chi connectivity index (χ0) is 13.2. The molecule has 0 aliphatic heterocycles. The predicted molar refractivity (Wildman–Crippen MR) is 77.8 cm³/mol. The van der Waals surface area contributed by atoms with Crippen molar-refractivity contribution >= 4 is 0 Å². The minimum absolute atomic E-state index is 0.558. The van der Waals surface area contributed by atoms with E-state index in [0.717, 1.165) is 13.1 Å². The van der Waals surface area contributed by atoms with Crippen LogP contribution in [0.5, 0.6) is 0 Å². The second kappa shape index (κ2) is 5.41. The Balaban J connectivity index is 1.93. The van der Waals surface area contributed by atoms with E-state index in [4.69, 9.17) is 0 Å². The van der Waals surface area contributed by atoms with E-state index in [-0.39, 0.29) is 0 Å². The molecule has 0 unspecified atom stereocenters. The molecule has 1 saturated carbocycles. The van der Waals surface area contributed by atoms with Crippen molar-refractivity contribution in [2.24, 2.45) is 5.41 Å². The van der Waals surface area contributed by atoms with Crippen molar-refractivity contribution in [3.05, 3.63) is 34.9 Å². The van der Waals surface area contributed by atoms with Gasteiger partial charge in [0.1, 0.15) is 0 Å². The molecule has 2 nitrogen and oxygen atoms in total. The quantitative estimate of drug-likeness (QED) is 0.830. The van der Waals surface area contributed by atoms with Crippen molar-refractivity contribution in [1.82, 2.24) is 10.2 Å². The second-order valence-electron chi connectivity index (χ2n) is 6.13. The molecule has 2 heteroatoms. The summed E-state index contributed by atoms with van der Waals surface area (Å²) in [4.78, 5) is 2.47. The van der Waals surface area contributed by atoms with E-state index in [0.29, 0.717) is 5.41 Å². The van der Waals surface area contributed by atoms with Crippen molar-refractivity contribution in [3.63, 3.8) is 0 Å². The third-order valence-electron chi connectivity index (χ3n) is 4.05. The molecule has 0 radical (unpaired) electrons. The molecule has 1 aliphatic rings. The maximum atomic E-state index is 3.33. The number of rotatable bonds is 6. The van der Waals surface area contributed by atoms with Crippen LogP contribution in [0.2, 0.25) is 0 Å². The van der Waals surface area contributed by atoms with E-state index in [1.807, 2.05) is 0 Å². The number of nitrogens with zero attached hydrogens (tertiary/aromatic N) is 1. The average Bonchev–Trinajstić information content (AvgIpc) is 3.02. The lowest BCUT2D eigenvalue weighted by molar-refractivity contribution is 0.252. The van der Waals surface area contributed by atoms with Gasteiger partial charge in [-0.3, -0.25) is 0 Å². The van der Waals surface area contributed by atoms with Crippen LogP contribution >= 0.6 is 0 Å². The fraction of sp³-hybridized carbons (Fsp3) is 0.625. The fourth-order valence-electron chi connectivity index (χ4n) is 2.89. The predicted octanol–water partition coefficient (Wildman–Crippen LogP) is 2.73. The molecule has 1 aromatic rings. The Morgan fingerprint density at radius 2 is 2.00 bits per heavy atom. The summed E-state index contributed by atoms with van der Waals surface area (Å²) in [6.07, 6.45) is 2.76. The molecule has 0 amide bonds. The number of hydrogen-bond donors (Lipinski definition) is 1. The standard InChI is InChI=1S/C16H26N2/c1-13-5-6-15(14(2)9-13)10-18(4)12-16(7-8-16)11-17-3/h5-6,9,17H,7-8,10-12H2,1-4H3. The molecule has 100 valence electrons. The second-order valence-corrected chi connectivity index (χ2v) is 6.13. The number of nitrogens with one attached hydrogen (secondary N) is 1. The molecule has 0 saturated heterocycles. The van der Waals surface area contributed by atoms with E-state index in [9.17, 15) is 0 Å². The highest BCUT2D eigenvalue weighted by molar-refractivity contribution is 5.30. The van der Waals surface area contributed by atoms with Crippen LogP contribution in [-0.4, -0.2) is 32.1 Å².